The molecule has 0 aliphatic rings. The fourth-order valence-electron chi connectivity index (χ4n) is 3.29. The molecule has 0 fully saturated rings. The zero-order valence-corrected chi connectivity index (χ0v) is 16.4. The van der Waals surface area contributed by atoms with Gasteiger partial charge >= 0.3 is 11.9 Å². The molecule has 0 spiro atoms. The number of aryl methyl sites for hydroxylation is 2. The molecular weight excluding hydrogens is 374 g/mol. The van der Waals surface area contributed by atoms with Gasteiger partial charge in [-0.1, -0.05) is 30.3 Å². The van der Waals surface area contributed by atoms with Gasteiger partial charge in [0.15, 0.2) is 6.61 Å². The topological polar surface area (TPSA) is 106 Å². The van der Waals surface area contributed by atoms with E-state index >= 15 is 0 Å². The third-order valence-corrected chi connectivity index (χ3v) is 4.59. The summed E-state index contributed by atoms with van der Waals surface area (Å²) in [6.07, 6.45) is 0. The van der Waals surface area contributed by atoms with Gasteiger partial charge in [-0.05, 0) is 32.2 Å². The van der Waals surface area contributed by atoms with E-state index in [1.807, 2.05) is 12.1 Å². The van der Waals surface area contributed by atoms with Gasteiger partial charge in [-0.3, -0.25) is 4.79 Å². The van der Waals surface area contributed by atoms with Gasteiger partial charge in [-0.15, -0.1) is 0 Å². The molecule has 0 saturated carbocycles. The molecule has 150 valence electrons. The first-order chi connectivity index (χ1) is 13.8. The number of fused-ring (bicyclic) bond motifs is 1. The predicted molar refractivity (Wildman–Crippen MR) is 106 cm³/mol. The van der Waals surface area contributed by atoms with E-state index in [1.165, 1.54) is 6.07 Å². The van der Waals surface area contributed by atoms with Gasteiger partial charge in [0.05, 0.1) is 17.7 Å². The summed E-state index contributed by atoms with van der Waals surface area (Å²) < 4.78 is 10.1. The lowest BCUT2D eigenvalue weighted by Crippen LogP contribution is -2.18. The number of rotatable bonds is 6. The molecule has 7 nitrogen and oxygen atoms in total. The number of hydrogen-bond acceptors (Lipinski definition) is 6. The first-order valence-corrected chi connectivity index (χ1v) is 9.12. The van der Waals surface area contributed by atoms with Crippen molar-refractivity contribution in [1.29, 1.82) is 0 Å². The lowest BCUT2D eigenvalue weighted by Gasteiger charge is -2.09. The van der Waals surface area contributed by atoms with Crippen LogP contribution in [0.25, 0.3) is 10.8 Å². The zero-order chi connectivity index (χ0) is 21.1. The van der Waals surface area contributed by atoms with Gasteiger partial charge in [0.2, 0.25) is 5.78 Å². The first kappa shape index (κ1) is 20.1. The van der Waals surface area contributed by atoms with Crippen molar-refractivity contribution in [3.63, 3.8) is 0 Å². The average molecular weight is 395 g/mol. The number of carbonyl (C=O) groups is 3. The largest absolute Gasteiger partial charge is 0.506 e. The van der Waals surface area contributed by atoms with Crippen LogP contribution in [0, 0.1) is 13.8 Å². The van der Waals surface area contributed by atoms with Gasteiger partial charge in [0, 0.05) is 16.8 Å². The molecule has 0 aliphatic carbocycles. The maximum absolute atomic E-state index is 12.7. The molecule has 7 heteroatoms. The van der Waals surface area contributed by atoms with E-state index in [0.29, 0.717) is 16.8 Å². The number of nitrogens with one attached hydrogen (secondary N) is 1. The maximum atomic E-state index is 12.7. The molecule has 1 heterocycles. The quantitative estimate of drug-likeness (QED) is 0.487. The summed E-state index contributed by atoms with van der Waals surface area (Å²) >= 11 is 0. The average Bonchev–Trinajstić information content (AvgIpc) is 3.00. The zero-order valence-electron chi connectivity index (χ0n) is 16.4. The summed E-state index contributed by atoms with van der Waals surface area (Å²) in [6.45, 7) is 4.59. The lowest BCUT2D eigenvalue weighted by molar-refractivity contribution is 0.0469. The van der Waals surface area contributed by atoms with Crippen LogP contribution in [0.2, 0.25) is 0 Å². The smallest absolute Gasteiger partial charge is 0.342 e. The van der Waals surface area contributed by atoms with Crippen LogP contribution >= 0.6 is 0 Å². The number of Topliss-reactive ketones (excluding diaryl/α,β-unsaturated/α-hetero) is 1. The van der Waals surface area contributed by atoms with Crippen molar-refractivity contribution in [3.05, 3.63) is 64.5 Å². The number of ketones is 1. The van der Waals surface area contributed by atoms with Crippen molar-refractivity contribution in [2.45, 2.75) is 20.8 Å². The van der Waals surface area contributed by atoms with E-state index in [4.69, 9.17) is 9.47 Å². The Labute approximate surface area is 167 Å². The van der Waals surface area contributed by atoms with Crippen molar-refractivity contribution in [1.82, 2.24) is 4.98 Å². The Bertz CT molecular complexity index is 1110. The Balaban J connectivity index is 1.81. The molecule has 0 radical (unpaired) electrons. The molecule has 29 heavy (non-hydrogen) atoms. The minimum Gasteiger partial charge on any atom is -0.506 e. The molecule has 3 rings (SSSR count). The monoisotopic (exact) mass is 395 g/mol. The fraction of sp³-hybridized carbons (Fsp3) is 0.227. The van der Waals surface area contributed by atoms with Gasteiger partial charge in [-0.2, -0.15) is 0 Å². The molecule has 0 saturated heterocycles. The SMILES string of the molecule is CCOC(=O)c1c(C)[nH]c(C)c1C(=O)COC(=O)c1ccc2ccccc2c1O. The molecule has 1 aromatic heterocycles. The Morgan fingerprint density at radius 3 is 2.34 bits per heavy atom. The van der Waals surface area contributed by atoms with E-state index in [1.54, 1.807) is 39.0 Å². The van der Waals surface area contributed by atoms with E-state index in [9.17, 15) is 19.5 Å². The molecule has 3 aromatic rings. The van der Waals surface area contributed by atoms with Gasteiger partial charge < -0.3 is 19.6 Å². The van der Waals surface area contributed by atoms with Crippen LogP contribution in [0.15, 0.2) is 36.4 Å². The number of aromatic nitrogens is 1. The number of ether oxygens (including phenoxy) is 2. The standard InChI is InChI=1S/C22H21NO6/c1-4-28-22(27)19-13(3)23-12(2)18(19)17(24)11-29-21(26)16-10-9-14-7-5-6-8-15(14)20(16)25/h5-10,23,25H,4,11H2,1-3H3. The van der Waals surface area contributed by atoms with Crippen molar-refractivity contribution < 1.29 is 29.0 Å². The van der Waals surface area contributed by atoms with E-state index < -0.39 is 24.3 Å². The highest BCUT2D eigenvalue weighted by molar-refractivity contribution is 6.09. The van der Waals surface area contributed by atoms with E-state index in [0.717, 1.165) is 5.39 Å². The number of hydrogen-bond donors (Lipinski definition) is 2. The second-order valence-corrected chi connectivity index (χ2v) is 6.53. The maximum Gasteiger partial charge on any atom is 0.342 e. The van der Waals surface area contributed by atoms with E-state index in [-0.39, 0.29) is 29.0 Å². The van der Waals surface area contributed by atoms with Crippen molar-refractivity contribution in [3.8, 4) is 5.75 Å². The number of phenols is 1. The predicted octanol–water partition coefficient (Wildman–Crippen LogP) is 3.71. The number of H-pyrrole nitrogens is 1. The molecule has 0 bridgehead atoms. The Hall–Kier alpha value is -3.61. The number of benzene rings is 2. The third-order valence-electron chi connectivity index (χ3n) is 4.59. The minimum absolute atomic E-state index is 0.0379. The molecule has 0 aliphatic heterocycles. The van der Waals surface area contributed by atoms with Crippen molar-refractivity contribution >= 4 is 28.5 Å². The normalized spacial score (nSPS) is 10.7. The highest BCUT2D eigenvalue weighted by Crippen LogP contribution is 2.29. The number of phenolic OH excluding ortho intramolecular Hbond substituents is 1. The highest BCUT2D eigenvalue weighted by atomic mass is 16.5. The fourth-order valence-corrected chi connectivity index (χ4v) is 3.29. The van der Waals surface area contributed by atoms with Gasteiger partial charge in [0.1, 0.15) is 11.3 Å². The van der Waals surface area contributed by atoms with Crippen LogP contribution < -0.4 is 0 Å². The van der Waals surface area contributed by atoms with Crippen LogP contribution in [0.1, 0.15) is 49.4 Å². The van der Waals surface area contributed by atoms with Crippen molar-refractivity contribution in [2.24, 2.45) is 0 Å². The molecule has 0 atom stereocenters. The van der Waals surface area contributed by atoms with Crippen LogP contribution in [0.4, 0.5) is 0 Å². The Morgan fingerprint density at radius 2 is 1.62 bits per heavy atom. The highest BCUT2D eigenvalue weighted by Gasteiger charge is 2.26. The number of esters is 2. The van der Waals surface area contributed by atoms with Crippen LogP contribution in [-0.4, -0.2) is 41.0 Å². The summed E-state index contributed by atoms with van der Waals surface area (Å²) in [4.78, 5) is 40.2. The summed E-state index contributed by atoms with van der Waals surface area (Å²) in [7, 11) is 0. The van der Waals surface area contributed by atoms with Crippen LogP contribution in [-0.2, 0) is 9.47 Å². The summed E-state index contributed by atoms with van der Waals surface area (Å²) in [6, 6.07) is 10.2. The minimum atomic E-state index is -0.829. The molecule has 2 N–H and O–H groups in total. The second-order valence-electron chi connectivity index (χ2n) is 6.53. The molecular formula is C22H21NO6. The lowest BCUT2D eigenvalue weighted by atomic mass is 10.0. The van der Waals surface area contributed by atoms with Crippen LogP contribution in [0.5, 0.6) is 5.75 Å². The molecule has 0 unspecified atom stereocenters. The number of aromatic hydroxyl groups is 1. The second kappa shape index (κ2) is 8.18. The van der Waals surface area contributed by atoms with Crippen LogP contribution in [0.3, 0.4) is 0 Å². The molecule has 0 amide bonds. The van der Waals surface area contributed by atoms with E-state index in [2.05, 4.69) is 4.98 Å². The first-order valence-electron chi connectivity index (χ1n) is 9.12. The summed E-state index contributed by atoms with van der Waals surface area (Å²) in [5.41, 5.74) is 1.22. The molecule has 2 aromatic carbocycles. The summed E-state index contributed by atoms with van der Waals surface area (Å²) in [5, 5.41) is 11.7. The Morgan fingerprint density at radius 1 is 0.931 bits per heavy atom. The summed E-state index contributed by atoms with van der Waals surface area (Å²) in [5.74, 6) is -2.19. The Kier molecular flexibility index (Phi) is 5.68. The number of carbonyl (C=O) groups excluding carboxylic acids is 3. The number of aromatic amines is 1. The van der Waals surface area contributed by atoms with Crippen molar-refractivity contribution in [2.75, 3.05) is 13.2 Å². The third kappa shape index (κ3) is 3.85. The van der Waals surface area contributed by atoms with Gasteiger partial charge in [0.25, 0.3) is 0 Å². The van der Waals surface area contributed by atoms with Gasteiger partial charge in [-0.25, -0.2) is 9.59 Å².